The van der Waals surface area contributed by atoms with Crippen LogP contribution in [0.25, 0.3) is 0 Å². The normalized spacial score (nSPS) is 16.5. The molecule has 0 spiro atoms. The molecule has 0 fully saturated rings. The van der Waals surface area contributed by atoms with E-state index in [0.29, 0.717) is 6.42 Å². The third-order valence-corrected chi connectivity index (χ3v) is 2.12. The van der Waals surface area contributed by atoms with Gasteiger partial charge in [-0.2, -0.15) is 0 Å². The van der Waals surface area contributed by atoms with Crippen molar-refractivity contribution in [2.75, 3.05) is 21.1 Å². The van der Waals surface area contributed by atoms with E-state index in [-0.39, 0.29) is 11.4 Å². The molecule has 1 unspecified atom stereocenters. The third-order valence-electron chi connectivity index (χ3n) is 2.12. The molecule has 0 amide bonds. The lowest BCUT2D eigenvalue weighted by atomic mass is 10.1. The second kappa shape index (κ2) is 3.83. The van der Waals surface area contributed by atoms with Crippen LogP contribution >= 0.6 is 0 Å². The summed E-state index contributed by atoms with van der Waals surface area (Å²) in [6.07, 6.45) is 0.538. The number of ketones is 1. The Hall–Kier alpha value is -0.410. The summed E-state index contributed by atoms with van der Waals surface area (Å²) in [5, 5.41) is 3.11. The third kappa shape index (κ3) is 2.99. The molecule has 0 rings (SSSR count). The number of hydrogen-bond acceptors (Lipinski definition) is 3. The predicted molar refractivity (Wildman–Crippen MR) is 46.4 cm³/mol. The van der Waals surface area contributed by atoms with Gasteiger partial charge in [-0.3, -0.25) is 9.69 Å². The van der Waals surface area contributed by atoms with Gasteiger partial charge in [-0.1, -0.05) is 0 Å². The fourth-order valence-corrected chi connectivity index (χ4v) is 0.955. The summed E-state index contributed by atoms with van der Waals surface area (Å²) in [5.74, 6) is 0.204. The Morgan fingerprint density at radius 3 is 2.09 bits per heavy atom. The molecule has 1 atom stereocenters. The van der Waals surface area contributed by atoms with Crippen molar-refractivity contribution in [1.82, 2.24) is 10.2 Å². The highest BCUT2D eigenvalue weighted by atomic mass is 16.1. The fraction of sp³-hybridized carbons (Fsp3) is 0.875. The van der Waals surface area contributed by atoms with Crippen LogP contribution in [-0.4, -0.2) is 37.5 Å². The zero-order valence-electron chi connectivity index (χ0n) is 8.06. The van der Waals surface area contributed by atoms with E-state index in [9.17, 15) is 4.79 Å². The van der Waals surface area contributed by atoms with E-state index in [0.717, 1.165) is 0 Å². The van der Waals surface area contributed by atoms with Gasteiger partial charge in [0.1, 0.15) is 5.78 Å². The monoisotopic (exact) mass is 158 g/mol. The average Bonchev–Trinajstić information content (AvgIpc) is 1.86. The van der Waals surface area contributed by atoms with E-state index in [1.54, 1.807) is 6.92 Å². The lowest BCUT2D eigenvalue weighted by Crippen LogP contribution is -2.53. The molecular weight excluding hydrogens is 140 g/mol. The minimum Gasteiger partial charge on any atom is -0.302 e. The molecule has 1 N–H and O–H groups in total. The molecular formula is C8H18N2O. The maximum Gasteiger partial charge on any atom is 0.133 e. The first-order chi connectivity index (χ1) is 4.92. The van der Waals surface area contributed by atoms with Crippen molar-refractivity contribution < 1.29 is 4.79 Å². The van der Waals surface area contributed by atoms with Gasteiger partial charge in [-0.25, -0.2) is 0 Å². The summed E-state index contributed by atoms with van der Waals surface area (Å²) >= 11 is 0. The molecule has 11 heavy (non-hydrogen) atoms. The van der Waals surface area contributed by atoms with Crippen LogP contribution < -0.4 is 5.32 Å². The smallest absolute Gasteiger partial charge is 0.133 e. The van der Waals surface area contributed by atoms with Gasteiger partial charge in [0.05, 0.1) is 5.66 Å². The SMILES string of the molecule is CNC(C)(CC(C)=O)N(C)C. The molecule has 0 bridgehead atoms. The highest BCUT2D eigenvalue weighted by Crippen LogP contribution is 2.11. The molecule has 0 aromatic carbocycles. The van der Waals surface area contributed by atoms with E-state index >= 15 is 0 Å². The summed E-state index contributed by atoms with van der Waals surface area (Å²) in [6, 6.07) is 0. The minimum atomic E-state index is -0.203. The van der Waals surface area contributed by atoms with Gasteiger partial charge < -0.3 is 5.32 Å². The van der Waals surface area contributed by atoms with Crippen LogP contribution in [0, 0.1) is 0 Å². The maximum atomic E-state index is 10.9. The van der Waals surface area contributed by atoms with Gasteiger partial charge >= 0.3 is 0 Å². The minimum absolute atomic E-state index is 0.203. The molecule has 0 saturated carbocycles. The lowest BCUT2D eigenvalue weighted by molar-refractivity contribution is -0.119. The Bertz CT molecular complexity index is 145. The van der Waals surface area contributed by atoms with Gasteiger partial charge in [-0.15, -0.1) is 0 Å². The number of nitrogens with zero attached hydrogens (tertiary/aromatic N) is 1. The number of carbonyl (C=O) groups is 1. The number of nitrogens with one attached hydrogen (secondary N) is 1. The molecule has 0 heterocycles. The van der Waals surface area contributed by atoms with Crippen molar-refractivity contribution in [3.63, 3.8) is 0 Å². The summed E-state index contributed by atoms with van der Waals surface area (Å²) in [5.41, 5.74) is -0.203. The van der Waals surface area contributed by atoms with Crippen LogP contribution in [0.4, 0.5) is 0 Å². The average molecular weight is 158 g/mol. The second-order valence-corrected chi connectivity index (χ2v) is 3.30. The van der Waals surface area contributed by atoms with Gasteiger partial charge in [0.25, 0.3) is 0 Å². The van der Waals surface area contributed by atoms with Crippen LogP contribution in [0.3, 0.4) is 0 Å². The van der Waals surface area contributed by atoms with Crippen molar-refractivity contribution in [2.24, 2.45) is 0 Å². The van der Waals surface area contributed by atoms with Crippen LogP contribution in [-0.2, 0) is 4.79 Å². The molecule has 0 aromatic rings. The standard InChI is InChI=1S/C8H18N2O/c1-7(11)6-8(2,9-3)10(4)5/h9H,6H2,1-5H3. The molecule has 3 heteroatoms. The first-order valence-electron chi connectivity index (χ1n) is 3.78. The van der Waals surface area contributed by atoms with Gasteiger partial charge in [-0.05, 0) is 35.0 Å². The van der Waals surface area contributed by atoms with Gasteiger partial charge in [0.15, 0.2) is 0 Å². The van der Waals surface area contributed by atoms with E-state index in [1.807, 2.05) is 33.0 Å². The second-order valence-electron chi connectivity index (χ2n) is 3.30. The summed E-state index contributed by atoms with van der Waals surface area (Å²) < 4.78 is 0. The van der Waals surface area contributed by atoms with Crippen molar-refractivity contribution in [1.29, 1.82) is 0 Å². The number of rotatable bonds is 4. The summed E-state index contributed by atoms with van der Waals surface area (Å²) in [7, 11) is 5.78. The van der Waals surface area contributed by atoms with Gasteiger partial charge in [0, 0.05) is 6.42 Å². The molecule has 0 saturated heterocycles. The highest BCUT2D eigenvalue weighted by Gasteiger charge is 2.25. The van der Waals surface area contributed by atoms with E-state index in [1.165, 1.54) is 0 Å². The molecule has 0 aromatic heterocycles. The van der Waals surface area contributed by atoms with Crippen LogP contribution in [0.15, 0.2) is 0 Å². The van der Waals surface area contributed by atoms with Crippen molar-refractivity contribution in [3.8, 4) is 0 Å². The first-order valence-corrected chi connectivity index (χ1v) is 3.78. The predicted octanol–water partition coefficient (Wildman–Crippen LogP) is 0.463. The van der Waals surface area contributed by atoms with Crippen molar-refractivity contribution >= 4 is 5.78 Å². The highest BCUT2D eigenvalue weighted by molar-refractivity contribution is 5.76. The Morgan fingerprint density at radius 1 is 1.55 bits per heavy atom. The lowest BCUT2D eigenvalue weighted by Gasteiger charge is -2.35. The molecule has 3 nitrogen and oxygen atoms in total. The van der Waals surface area contributed by atoms with Crippen LogP contribution in [0.5, 0.6) is 0 Å². The largest absolute Gasteiger partial charge is 0.302 e. The van der Waals surface area contributed by atoms with Gasteiger partial charge in [0.2, 0.25) is 0 Å². The van der Waals surface area contributed by atoms with E-state index < -0.39 is 0 Å². The fourth-order valence-electron chi connectivity index (χ4n) is 0.955. The van der Waals surface area contributed by atoms with Crippen LogP contribution in [0.2, 0.25) is 0 Å². The topological polar surface area (TPSA) is 32.3 Å². The Balaban J connectivity index is 4.22. The number of hydrogen-bond donors (Lipinski definition) is 1. The zero-order valence-corrected chi connectivity index (χ0v) is 8.06. The van der Waals surface area contributed by atoms with E-state index in [2.05, 4.69) is 5.32 Å². The molecule has 0 aliphatic rings. The Labute approximate surface area is 68.8 Å². The number of carbonyl (C=O) groups excluding carboxylic acids is 1. The molecule has 0 radical (unpaired) electrons. The van der Waals surface area contributed by atoms with Crippen LogP contribution in [0.1, 0.15) is 20.3 Å². The number of Topliss-reactive ketones (excluding diaryl/α,β-unsaturated/α-hetero) is 1. The molecule has 0 aliphatic carbocycles. The summed E-state index contributed by atoms with van der Waals surface area (Å²) in [4.78, 5) is 12.9. The molecule has 66 valence electrons. The van der Waals surface area contributed by atoms with Crippen molar-refractivity contribution in [2.45, 2.75) is 25.9 Å². The Kier molecular flexibility index (Phi) is 3.69. The summed E-state index contributed by atoms with van der Waals surface area (Å²) in [6.45, 7) is 3.62. The Morgan fingerprint density at radius 2 is 2.00 bits per heavy atom. The maximum absolute atomic E-state index is 10.9. The van der Waals surface area contributed by atoms with E-state index in [4.69, 9.17) is 0 Å². The quantitative estimate of drug-likeness (QED) is 0.603. The first kappa shape index (κ1) is 10.6. The zero-order chi connectivity index (χ0) is 9.07. The van der Waals surface area contributed by atoms with Crippen molar-refractivity contribution in [3.05, 3.63) is 0 Å². The molecule has 0 aliphatic heterocycles.